The highest BCUT2D eigenvalue weighted by Gasteiger charge is 2.22. The van der Waals surface area contributed by atoms with Crippen molar-refractivity contribution >= 4 is 40.9 Å². The lowest BCUT2D eigenvalue weighted by atomic mass is 10.1. The molecule has 2 aromatic heterocycles. The van der Waals surface area contributed by atoms with E-state index in [0.717, 1.165) is 4.52 Å². The molecule has 0 unspecified atom stereocenters. The first-order valence-corrected chi connectivity index (χ1v) is 13.0. The van der Waals surface area contributed by atoms with Crippen molar-refractivity contribution in [2.75, 3.05) is 16.8 Å². The fourth-order valence-corrected chi connectivity index (χ4v) is 4.35. The number of carbonyl (C=O) groups is 3. The van der Waals surface area contributed by atoms with Crippen molar-refractivity contribution in [3.8, 4) is 0 Å². The lowest BCUT2D eigenvalue weighted by Crippen LogP contribution is -2.37. The van der Waals surface area contributed by atoms with Gasteiger partial charge in [-0.1, -0.05) is 18.2 Å². The lowest BCUT2D eigenvalue weighted by Gasteiger charge is -2.15. The topological polar surface area (TPSA) is 237 Å². The zero-order valence-corrected chi connectivity index (χ0v) is 22.9. The Morgan fingerprint density at radius 3 is 2.39 bits per heavy atom. The minimum Gasteiger partial charge on any atom is -0.478 e. The predicted octanol–water partition coefficient (Wildman–Crippen LogP) is 0.755. The highest BCUT2D eigenvalue weighted by molar-refractivity contribution is 5.98. The van der Waals surface area contributed by atoms with Crippen LogP contribution in [-0.2, 0) is 13.1 Å². The first-order chi connectivity index (χ1) is 20.9. The normalized spacial score (nSPS) is 11.8. The Morgan fingerprint density at radius 2 is 1.70 bits per heavy atom. The number of carboxylic acids is 1. The number of nitrogens with two attached hydrogens (primary N) is 2. The van der Waals surface area contributed by atoms with Gasteiger partial charge in [-0.25, -0.2) is 14.2 Å². The van der Waals surface area contributed by atoms with Crippen LogP contribution in [-0.4, -0.2) is 42.5 Å². The summed E-state index contributed by atoms with van der Waals surface area (Å²) in [5.74, 6) is -3.26. The van der Waals surface area contributed by atoms with Crippen LogP contribution in [0.4, 0.5) is 21.7 Å². The second-order valence-electron chi connectivity index (χ2n) is 9.74. The van der Waals surface area contributed by atoms with Crippen LogP contribution in [0.1, 0.15) is 61.0 Å². The summed E-state index contributed by atoms with van der Waals surface area (Å²) < 4.78 is 15.5. The molecule has 16 heteroatoms. The van der Waals surface area contributed by atoms with Crippen molar-refractivity contribution in [2.24, 2.45) is 0 Å². The Kier molecular flexibility index (Phi) is 7.72. The van der Waals surface area contributed by atoms with Gasteiger partial charge in [0.05, 0.1) is 11.6 Å². The molecule has 0 saturated carbocycles. The highest BCUT2D eigenvalue weighted by atomic mass is 19.1. The number of nitrogens with one attached hydrogen (secondary N) is 3. The largest absolute Gasteiger partial charge is 0.478 e. The summed E-state index contributed by atoms with van der Waals surface area (Å²) in [7, 11) is 0. The molecular weight excluding hydrogens is 577 g/mol. The van der Waals surface area contributed by atoms with E-state index in [1.54, 1.807) is 19.1 Å². The number of amides is 2. The summed E-state index contributed by atoms with van der Waals surface area (Å²) in [4.78, 5) is 68.5. The molecule has 0 saturated heterocycles. The van der Waals surface area contributed by atoms with Gasteiger partial charge in [0.15, 0.2) is 0 Å². The molecule has 8 N–H and O–H groups in total. The van der Waals surface area contributed by atoms with Crippen LogP contribution in [0.5, 0.6) is 0 Å². The molecule has 0 aliphatic rings. The molecule has 2 heterocycles. The molecule has 0 radical (unpaired) electrons. The van der Waals surface area contributed by atoms with Crippen LogP contribution in [0, 0.1) is 5.82 Å². The minimum absolute atomic E-state index is 0.0546. The number of nitrogens with zero attached hydrogens (tertiary/aromatic N) is 4. The van der Waals surface area contributed by atoms with Gasteiger partial charge in [0.2, 0.25) is 5.95 Å². The molecule has 0 aliphatic heterocycles. The van der Waals surface area contributed by atoms with Gasteiger partial charge in [0.25, 0.3) is 28.4 Å². The number of carboxylic acid groups (broad SMARTS) is 1. The van der Waals surface area contributed by atoms with E-state index in [1.807, 2.05) is 0 Å². The van der Waals surface area contributed by atoms with Crippen LogP contribution < -0.4 is 38.3 Å². The molecular formula is C28H24FN9O6. The fourth-order valence-electron chi connectivity index (χ4n) is 4.35. The molecule has 5 aromatic rings. The van der Waals surface area contributed by atoms with Crippen molar-refractivity contribution in [1.29, 1.82) is 0 Å². The highest BCUT2D eigenvalue weighted by Crippen LogP contribution is 2.17. The molecule has 3 aromatic carbocycles. The van der Waals surface area contributed by atoms with Gasteiger partial charge in [-0.3, -0.25) is 19.2 Å². The Labute approximate surface area is 246 Å². The van der Waals surface area contributed by atoms with Gasteiger partial charge in [0.1, 0.15) is 28.6 Å². The van der Waals surface area contributed by atoms with E-state index in [-0.39, 0.29) is 58.7 Å². The van der Waals surface area contributed by atoms with Crippen molar-refractivity contribution in [1.82, 2.24) is 30.2 Å². The third-order valence-electron chi connectivity index (χ3n) is 6.77. The van der Waals surface area contributed by atoms with Crippen molar-refractivity contribution in [2.45, 2.75) is 26.1 Å². The van der Waals surface area contributed by atoms with Gasteiger partial charge in [-0.2, -0.15) is 9.50 Å². The van der Waals surface area contributed by atoms with Gasteiger partial charge >= 0.3 is 5.97 Å². The molecule has 0 aliphatic carbocycles. The number of benzene rings is 2. The zero-order valence-electron chi connectivity index (χ0n) is 22.9. The van der Waals surface area contributed by atoms with E-state index in [2.05, 4.69) is 31.0 Å². The maximum Gasteiger partial charge on any atom is 0.335 e. The smallest absolute Gasteiger partial charge is 0.335 e. The Bertz CT molecular complexity index is 2020. The van der Waals surface area contributed by atoms with Crippen molar-refractivity contribution in [3.05, 3.63) is 108 Å². The second kappa shape index (κ2) is 11.6. The monoisotopic (exact) mass is 601 g/mol. The Hall–Kier alpha value is -6.19. The molecule has 0 bridgehead atoms. The number of hydrogen-bond acceptors (Lipinski definition) is 11. The standard InChI is InChI=1S/C28H24FN9O6/c1-12(14-3-5-15(6-4-14)26(43)44)34-25(42)19-9-18(35-28-36-27(31)37-38(19)28)24(41)33-10-13-2-7-17(29)16(8-13)11-32-21-20(30)22(39)23(21)40/h2-9,12,32H,10-11,30H2,1H3,(H2,31,37)(H,33,41)(H,34,42)(H,43,44)/t12-/m1/s1. The third kappa shape index (κ3) is 5.76. The van der Waals surface area contributed by atoms with E-state index in [1.165, 1.54) is 36.4 Å². The van der Waals surface area contributed by atoms with Crippen LogP contribution >= 0.6 is 0 Å². The van der Waals surface area contributed by atoms with Gasteiger partial charge in [-0.05, 0) is 42.3 Å². The predicted molar refractivity (Wildman–Crippen MR) is 155 cm³/mol. The average Bonchev–Trinajstić information content (AvgIpc) is 3.40. The lowest BCUT2D eigenvalue weighted by molar-refractivity contribution is 0.0696. The van der Waals surface area contributed by atoms with E-state index in [0.29, 0.717) is 11.1 Å². The summed E-state index contributed by atoms with van der Waals surface area (Å²) >= 11 is 0. The van der Waals surface area contributed by atoms with Crippen LogP contribution in [0.15, 0.2) is 58.1 Å². The number of halogens is 1. The minimum atomic E-state index is -1.08. The molecule has 0 fully saturated rings. The number of hydrogen-bond donors (Lipinski definition) is 6. The summed E-state index contributed by atoms with van der Waals surface area (Å²) in [6.45, 7) is 1.51. The molecule has 5 rings (SSSR count). The first-order valence-electron chi connectivity index (χ1n) is 13.0. The molecule has 224 valence electrons. The van der Waals surface area contributed by atoms with Crippen molar-refractivity contribution in [3.63, 3.8) is 0 Å². The van der Waals surface area contributed by atoms with Gasteiger partial charge in [-0.15, -0.1) is 5.10 Å². The molecule has 2 amide bonds. The molecule has 1 atom stereocenters. The Balaban J connectivity index is 1.30. The second-order valence-corrected chi connectivity index (χ2v) is 9.74. The maximum absolute atomic E-state index is 14.4. The van der Waals surface area contributed by atoms with Gasteiger partial charge < -0.3 is 32.5 Å². The number of carbonyl (C=O) groups excluding carboxylic acids is 2. The first kappa shape index (κ1) is 29.3. The van der Waals surface area contributed by atoms with Crippen LogP contribution in [0.2, 0.25) is 0 Å². The Morgan fingerprint density at radius 1 is 0.977 bits per heavy atom. The number of aromatic carboxylic acids is 1. The molecule has 15 nitrogen and oxygen atoms in total. The number of nitrogen functional groups attached to an aromatic ring is 2. The number of anilines is 3. The summed E-state index contributed by atoms with van der Waals surface area (Å²) in [5, 5.41) is 21.2. The summed E-state index contributed by atoms with van der Waals surface area (Å²) in [6.07, 6.45) is 0. The van der Waals surface area contributed by atoms with E-state index in [4.69, 9.17) is 16.6 Å². The fraction of sp³-hybridized carbons (Fsp3) is 0.143. The summed E-state index contributed by atoms with van der Waals surface area (Å²) in [5.41, 5.74) is 10.5. The SMILES string of the molecule is C[C@@H](NC(=O)c1cc(C(=O)NCc2ccc(F)c(CNc3c(N)c(=O)c3=O)c2)nc2nc(N)nn12)c1ccc(C(=O)O)cc1. The number of aromatic nitrogens is 4. The summed E-state index contributed by atoms with van der Waals surface area (Å²) in [6, 6.07) is 10.7. The number of fused-ring (bicyclic) bond motifs is 1. The average molecular weight is 602 g/mol. The van der Waals surface area contributed by atoms with E-state index >= 15 is 0 Å². The third-order valence-corrected chi connectivity index (χ3v) is 6.77. The van der Waals surface area contributed by atoms with Crippen LogP contribution in [0.3, 0.4) is 0 Å². The zero-order chi connectivity index (χ0) is 31.7. The number of rotatable bonds is 10. The maximum atomic E-state index is 14.4. The molecule has 44 heavy (non-hydrogen) atoms. The van der Waals surface area contributed by atoms with Crippen molar-refractivity contribution < 1.29 is 23.9 Å². The van der Waals surface area contributed by atoms with Crippen LogP contribution in [0.25, 0.3) is 5.78 Å². The quantitative estimate of drug-likeness (QED) is 0.122. The van der Waals surface area contributed by atoms with Gasteiger partial charge in [0, 0.05) is 24.7 Å². The molecule has 0 spiro atoms. The van der Waals surface area contributed by atoms with E-state index in [9.17, 15) is 28.4 Å². The van der Waals surface area contributed by atoms with E-state index < -0.39 is 40.5 Å².